The molecule has 1 N–H and O–H groups in total. The lowest BCUT2D eigenvalue weighted by molar-refractivity contribution is 0.621. The zero-order chi connectivity index (χ0) is 24.4. The van der Waals surface area contributed by atoms with E-state index in [4.69, 9.17) is 10.1 Å². The van der Waals surface area contributed by atoms with Crippen molar-refractivity contribution >= 4 is 28.7 Å². The van der Waals surface area contributed by atoms with Gasteiger partial charge < -0.3 is 5.32 Å². The molecule has 35 heavy (non-hydrogen) atoms. The van der Waals surface area contributed by atoms with E-state index in [0.717, 1.165) is 11.4 Å². The lowest BCUT2D eigenvalue weighted by Crippen LogP contribution is -2.32. The highest BCUT2D eigenvalue weighted by molar-refractivity contribution is 7.98. The Morgan fingerprint density at radius 2 is 1.40 bits per heavy atom. The predicted octanol–water partition coefficient (Wildman–Crippen LogP) is 6.07. The third-order valence-electron chi connectivity index (χ3n) is 5.39. The molecule has 0 atom stereocenters. The van der Waals surface area contributed by atoms with Crippen LogP contribution in [0.1, 0.15) is 26.3 Å². The molecule has 5 aromatic rings. The SMILES string of the molecule is CC(C)(C)Nc1nc2c(c(SCc3ccccc3)nn2-c2ccccc2)c(=O)n1-c1ccccc1. The Labute approximate surface area is 208 Å². The van der Waals surface area contributed by atoms with Gasteiger partial charge in [-0.3, -0.25) is 4.79 Å². The maximum atomic E-state index is 14.1. The summed E-state index contributed by atoms with van der Waals surface area (Å²) in [6.45, 7) is 6.15. The molecule has 0 amide bonds. The van der Waals surface area contributed by atoms with Gasteiger partial charge in [-0.05, 0) is 50.6 Å². The van der Waals surface area contributed by atoms with E-state index < -0.39 is 0 Å². The summed E-state index contributed by atoms with van der Waals surface area (Å²) in [5, 5.41) is 9.49. The average molecular weight is 482 g/mol. The van der Waals surface area contributed by atoms with Crippen LogP contribution in [-0.2, 0) is 5.75 Å². The quantitative estimate of drug-likeness (QED) is 0.298. The van der Waals surface area contributed by atoms with Crippen molar-refractivity contribution in [1.29, 1.82) is 0 Å². The number of hydrogen-bond acceptors (Lipinski definition) is 5. The summed E-state index contributed by atoms with van der Waals surface area (Å²) >= 11 is 1.55. The first-order valence-corrected chi connectivity index (χ1v) is 12.5. The van der Waals surface area contributed by atoms with Crippen molar-refractivity contribution in [3.63, 3.8) is 0 Å². The first-order chi connectivity index (χ1) is 16.9. The number of benzene rings is 3. The van der Waals surface area contributed by atoms with Gasteiger partial charge in [0.2, 0.25) is 5.95 Å². The van der Waals surface area contributed by atoms with Gasteiger partial charge >= 0.3 is 0 Å². The second-order valence-electron chi connectivity index (χ2n) is 9.31. The summed E-state index contributed by atoms with van der Waals surface area (Å²) in [7, 11) is 0. The van der Waals surface area contributed by atoms with E-state index in [1.165, 1.54) is 5.56 Å². The first kappa shape index (κ1) is 22.9. The third-order valence-corrected chi connectivity index (χ3v) is 6.43. The van der Waals surface area contributed by atoms with E-state index in [1.807, 2.05) is 99.6 Å². The highest BCUT2D eigenvalue weighted by Gasteiger charge is 2.24. The summed E-state index contributed by atoms with van der Waals surface area (Å²) in [4.78, 5) is 19.1. The lowest BCUT2D eigenvalue weighted by atomic mass is 10.1. The van der Waals surface area contributed by atoms with Gasteiger partial charge in [-0.1, -0.05) is 78.5 Å². The van der Waals surface area contributed by atoms with E-state index in [9.17, 15) is 4.79 Å². The fourth-order valence-electron chi connectivity index (χ4n) is 3.85. The molecule has 0 aliphatic rings. The molecule has 2 heterocycles. The van der Waals surface area contributed by atoms with Crippen LogP contribution in [0.4, 0.5) is 5.95 Å². The molecule has 0 bridgehead atoms. The first-order valence-electron chi connectivity index (χ1n) is 11.5. The van der Waals surface area contributed by atoms with Crippen molar-refractivity contribution in [3.8, 4) is 11.4 Å². The minimum Gasteiger partial charge on any atom is -0.351 e. The molecule has 7 heteroatoms. The van der Waals surface area contributed by atoms with Gasteiger partial charge in [0.15, 0.2) is 5.65 Å². The second-order valence-corrected chi connectivity index (χ2v) is 10.3. The van der Waals surface area contributed by atoms with E-state index in [1.54, 1.807) is 21.0 Å². The smallest absolute Gasteiger partial charge is 0.271 e. The Hall–Kier alpha value is -3.84. The van der Waals surface area contributed by atoms with E-state index in [-0.39, 0.29) is 11.1 Å². The number of hydrogen-bond donors (Lipinski definition) is 1. The monoisotopic (exact) mass is 481 g/mol. The summed E-state index contributed by atoms with van der Waals surface area (Å²) < 4.78 is 3.42. The van der Waals surface area contributed by atoms with Gasteiger partial charge in [-0.15, -0.1) is 0 Å². The zero-order valence-electron chi connectivity index (χ0n) is 20.0. The van der Waals surface area contributed by atoms with Gasteiger partial charge in [0.25, 0.3) is 5.56 Å². The molecule has 0 fully saturated rings. The number of aromatic nitrogens is 4. The maximum absolute atomic E-state index is 14.1. The van der Waals surface area contributed by atoms with E-state index in [2.05, 4.69) is 17.4 Å². The molecule has 0 aliphatic heterocycles. The Morgan fingerprint density at radius 1 is 0.829 bits per heavy atom. The molecule has 3 aromatic carbocycles. The molecule has 0 aliphatic carbocycles. The Morgan fingerprint density at radius 3 is 2.00 bits per heavy atom. The molecule has 0 saturated heterocycles. The number of nitrogens with one attached hydrogen (secondary N) is 1. The van der Waals surface area contributed by atoms with Crippen molar-refractivity contribution in [2.75, 3.05) is 5.32 Å². The fourth-order valence-corrected chi connectivity index (χ4v) is 4.81. The van der Waals surface area contributed by atoms with Crippen LogP contribution in [0.5, 0.6) is 0 Å². The predicted molar refractivity (Wildman–Crippen MR) is 144 cm³/mol. The number of rotatable bonds is 6. The molecule has 2 aromatic heterocycles. The van der Waals surface area contributed by atoms with Gasteiger partial charge in [-0.25, -0.2) is 9.25 Å². The van der Waals surface area contributed by atoms with Crippen LogP contribution in [0.25, 0.3) is 22.4 Å². The highest BCUT2D eigenvalue weighted by atomic mass is 32.2. The maximum Gasteiger partial charge on any atom is 0.271 e. The van der Waals surface area contributed by atoms with Crippen LogP contribution in [0.2, 0.25) is 0 Å². The van der Waals surface area contributed by atoms with Crippen LogP contribution >= 0.6 is 11.8 Å². The number of para-hydroxylation sites is 2. The minimum absolute atomic E-state index is 0.148. The van der Waals surface area contributed by atoms with Gasteiger partial charge in [-0.2, -0.15) is 10.1 Å². The summed E-state index contributed by atoms with van der Waals surface area (Å²) in [5.41, 5.74) is 2.87. The zero-order valence-corrected chi connectivity index (χ0v) is 20.8. The summed E-state index contributed by atoms with van der Waals surface area (Å²) in [5.74, 6) is 1.19. The third kappa shape index (κ3) is 4.86. The molecule has 176 valence electrons. The van der Waals surface area contributed by atoms with Crippen LogP contribution < -0.4 is 10.9 Å². The molecule has 5 rings (SSSR count). The molecular weight excluding hydrogens is 454 g/mol. The van der Waals surface area contributed by atoms with Crippen molar-refractivity contribution in [3.05, 3.63) is 107 Å². The van der Waals surface area contributed by atoms with E-state index in [0.29, 0.717) is 27.8 Å². The summed E-state index contributed by atoms with van der Waals surface area (Å²) in [6.07, 6.45) is 0. The van der Waals surface area contributed by atoms with Gasteiger partial charge in [0, 0.05) is 11.3 Å². The number of fused-ring (bicyclic) bond motifs is 1. The fraction of sp³-hybridized carbons (Fsp3) is 0.179. The van der Waals surface area contributed by atoms with Crippen molar-refractivity contribution in [2.24, 2.45) is 0 Å². The number of thioether (sulfide) groups is 1. The summed E-state index contributed by atoms with van der Waals surface area (Å²) in [6, 6.07) is 29.6. The average Bonchev–Trinajstić information content (AvgIpc) is 3.22. The minimum atomic E-state index is -0.299. The van der Waals surface area contributed by atoms with Crippen LogP contribution in [0, 0.1) is 0 Å². The van der Waals surface area contributed by atoms with Crippen molar-refractivity contribution < 1.29 is 0 Å². The second kappa shape index (κ2) is 9.43. The molecule has 0 radical (unpaired) electrons. The molecular formula is C28H27N5OS. The number of nitrogens with zero attached hydrogens (tertiary/aromatic N) is 4. The standard InChI is InChI=1S/C28H27N5OS/c1-28(2,3)30-27-29-24-23(26(34)32(27)21-15-9-5-10-16-21)25(35-19-20-13-7-4-8-14-20)31-33(24)22-17-11-6-12-18-22/h4-18H,19H2,1-3H3,(H,29,30). The molecule has 0 unspecified atom stereocenters. The Bertz CT molecular complexity index is 1500. The molecule has 0 saturated carbocycles. The topological polar surface area (TPSA) is 64.7 Å². The highest BCUT2D eigenvalue weighted by Crippen LogP contribution is 2.30. The normalized spacial score (nSPS) is 11.6. The lowest BCUT2D eigenvalue weighted by Gasteiger charge is -2.24. The van der Waals surface area contributed by atoms with Gasteiger partial charge in [0.1, 0.15) is 10.4 Å². The van der Waals surface area contributed by atoms with Crippen molar-refractivity contribution in [2.45, 2.75) is 37.1 Å². The van der Waals surface area contributed by atoms with Crippen molar-refractivity contribution in [1.82, 2.24) is 19.3 Å². The molecule has 0 spiro atoms. The number of anilines is 1. The van der Waals surface area contributed by atoms with Crippen LogP contribution in [0.3, 0.4) is 0 Å². The Kier molecular flexibility index (Phi) is 6.17. The largest absolute Gasteiger partial charge is 0.351 e. The van der Waals surface area contributed by atoms with E-state index >= 15 is 0 Å². The van der Waals surface area contributed by atoms with Crippen LogP contribution in [-0.4, -0.2) is 24.9 Å². The Balaban J connectivity index is 1.76. The van der Waals surface area contributed by atoms with Crippen LogP contribution in [0.15, 0.2) is 101 Å². The molecule has 6 nitrogen and oxygen atoms in total. The van der Waals surface area contributed by atoms with Gasteiger partial charge in [0.05, 0.1) is 11.4 Å².